The number of benzene rings is 5. The van der Waals surface area contributed by atoms with Crippen LogP contribution in [0.3, 0.4) is 0 Å². The summed E-state index contributed by atoms with van der Waals surface area (Å²) in [6.07, 6.45) is -0.198. The number of hydrogen-bond acceptors (Lipinski definition) is 21. The van der Waals surface area contributed by atoms with Crippen molar-refractivity contribution in [2.75, 3.05) is 26.2 Å². The van der Waals surface area contributed by atoms with Gasteiger partial charge in [-0.1, -0.05) is 119 Å². The molecule has 3 fully saturated rings. The topological polar surface area (TPSA) is 617 Å². The first kappa shape index (κ1) is 103. The molecule has 5 aromatic carbocycles. The lowest BCUT2D eigenvalue weighted by atomic mass is 10.0. The number of carbonyl (C=O) groups excluding carboxylic acids is 15. The number of carboxylic acids is 2. The number of H-pyrrole nitrogens is 2. The number of carboxylic acid groups (broad SMARTS) is 2. The summed E-state index contributed by atoms with van der Waals surface area (Å²) in [5.41, 5.74) is 15.7. The predicted molar refractivity (Wildman–Crippen MR) is 491 cm³/mol. The maximum Gasteiger partial charge on any atom is 0.326 e. The zero-order valence-corrected chi connectivity index (χ0v) is 76.1. The fourth-order valence-electron chi connectivity index (χ4n) is 17.0. The second-order valence-corrected chi connectivity index (χ2v) is 35.5. The van der Waals surface area contributed by atoms with Gasteiger partial charge >= 0.3 is 11.9 Å². The highest BCUT2D eigenvalue weighted by atomic mass is 16.4. The molecule has 40 heteroatoms. The Labute approximate surface area is 778 Å². The van der Waals surface area contributed by atoms with Gasteiger partial charge in [0, 0.05) is 92.4 Å². The lowest BCUT2D eigenvalue weighted by Crippen LogP contribution is -2.61. The number of nitrogens with two attached hydrogens (primary N) is 2. The molecule has 10 rings (SSSR count). The molecule has 40 nitrogen and oxygen atoms in total. The summed E-state index contributed by atoms with van der Waals surface area (Å²) in [7, 11) is 0. The number of nitrogens with zero attached hydrogens (tertiary/aromatic N) is 3. The van der Waals surface area contributed by atoms with Crippen molar-refractivity contribution in [1.29, 1.82) is 0 Å². The third-order valence-corrected chi connectivity index (χ3v) is 24.1. The monoisotopic (exact) mass is 1870 g/mol. The minimum atomic E-state index is -1.79. The number of phenols is 2. The minimum Gasteiger partial charge on any atom is -0.508 e. The lowest BCUT2D eigenvalue weighted by molar-refractivity contribution is -0.145. The average Bonchev–Trinajstić information content (AvgIpc) is 1.73. The van der Waals surface area contributed by atoms with Gasteiger partial charge in [0.15, 0.2) is 0 Å². The standard InChI is InChI=1S/C95H122N18O22/c1-51(2)41-73(93(132)112-39-16-25-77(112)91(130)109-74(95(134)135)42-52(3)4)108-82(121)53(5)101-85(124)70(45-57-28-32-61(116)33-29-57)107-90(129)76-24-15-38-111(76)92(131)68(34-36-78(97)117)104-87(126)71(46-58-48-98-65-21-12-10-19-62(58)65)106-86(125)69(44-56-26-30-60(115)31-27-56)102-79(118)50-100-89(128)75-23-14-40-113(75)94(133)81(54(6)114)110-88(127)72(47-59-49-99-66-22-13-11-20-63(59)66)105-84(123)67(35-37-80(119)120)103-83(122)64(96)43-55-17-8-7-9-18-55/h7-13,17-22,26-33,48-49,51-54,64,67-77,81,98-99,114-116H,14-16,23-25,34-47,50,96H2,1-6H3,(H2,97,117)(H,100,128)(H,101,124)(H,102,118)(H,103,122)(H,104,126)(H,105,123)(H,106,125)(H,107,129)(H,108,121)(H,109,130)(H,110,127)(H,119,120)(H,134,135). The Bertz CT molecular complexity index is 5410. The number of para-hydroxylation sites is 2. The summed E-state index contributed by atoms with van der Waals surface area (Å²) in [4.78, 5) is 251. The van der Waals surface area contributed by atoms with Crippen LogP contribution < -0.4 is 70.0 Å². The Morgan fingerprint density at radius 3 is 1.30 bits per heavy atom. The van der Waals surface area contributed by atoms with Crippen LogP contribution in [0, 0.1) is 11.8 Å². The molecule has 7 aromatic rings. The van der Waals surface area contributed by atoms with Gasteiger partial charge in [0.25, 0.3) is 0 Å². The van der Waals surface area contributed by atoms with E-state index in [0.717, 1.165) is 9.80 Å². The molecule has 2 aromatic heterocycles. The van der Waals surface area contributed by atoms with Gasteiger partial charge < -0.3 is 120 Å². The molecule has 135 heavy (non-hydrogen) atoms. The van der Waals surface area contributed by atoms with E-state index in [1.165, 1.54) is 67.3 Å². The largest absolute Gasteiger partial charge is 0.508 e. The van der Waals surface area contributed by atoms with E-state index in [-0.39, 0.29) is 120 Å². The second kappa shape index (κ2) is 48.4. The van der Waals surface area contributed by atoms with Gasteiger partial charge in [0.1, 0.15) is 90.0 Å². The molecule has 0 aliphatic carbocycles. The Hall–Kier alpha value is -14.3. The third-order valence-electron chi connectivity index (χ3n) is 24.1. The number of aliphatic hydroxyl groups excluding tert-OH is 1. The van der Waals surface area contributed by atoms with E-state index in [2.05, 4.69) is 68.5 Å². The van der Waals surface area contributed by atoms with Crippen molar-refractivity contribution in [3.05, 3.63) is 168 Å². The Morgan fingerprint density at radius 2 is 0.807 bits per heavy atom. The zero-order valence-electron chi connectivity index (χ0n) is 76.1. The number of likely N-dealkylation sites (tertiary alicyclic amines) is 3. The van der Waals surface area contributed by atoms with E-state index in [9.17, 15) is 92.7 Å². The number of aromatic hydroxyl groups is 2. The van der Waals surface area contributed by atoms with Crippen LogP contribution in [0.15, 0.2) is 140 Å². The van der Waals surface area contributed by atoms with Crippen LogP contribution in [0.5, 0.6) is 11.5 Å². The Balaban J connectivity index is 0.828. The maximum atomic E-state index is 15.3. The number of primary amides is 1. The van der Waals surface area contributed by atoms with Crippen LogP contribution in [0.2, 0.25) is 0 Å². The van der Waals surface area contributed by atoms with Crippen molar-refractivity contribution in [2.45, 2.75) is 241 Å². The maximum absolute atomic E-state index is 15.3. The average molecular weight is 1870 g/mol. The molecule has 5 heterocycles. The lowest BCUT2D eigenvalue weighted by Gasteiger charge is -2.31. The molecule has 3 aliphatic rings. The quantitative estimate of drug-likeness (QED) is 0.0248. The van der Waals surface area contributed by atoms with Crippen LogP contribution in [-0.2, 0) is 114 Å². The molecule has 0 spiro atoms. The van der Waals surface area contributed by atoms with Crippen LogP contribution in [0.4, 0.5) is 0 Å². The molecule has 22 N–H and O–H groups in total. The molecule has 0 bridgehead atoms. The van der Waals surface area contributed by atoms with Gasteiger partial charge in [0.2, 0.25) is 88.6 Å². The zero-order chi connectivity index (χ0) is 98.0. The molecule has 724 valence electrons. The van der Waals surface area contributed by atoms with E-state index >= 15 is 14.4 Å². The van der Waals surface area contributed by atoms with Crippen LogP contribution in [0.1, 0.15) is 146 Å². The first-order valence-corrected chi connectivity index (χ1v) is 45.4. The molecule has 3 aliphatic heterocycles. The van der Waals surface area contributed by atoms with Gasteiger partial charge in [-0.3, -0.25) is 76.7 Å². The van der Waals surface area contributed by atoms with Crippen LogP contribution >= 0.6 is 0 Å². The Kier molecular flexibility index (Phi) is 36.8. The number of aliphatic carboxylic acids is 2. The van der Waals surface area contributed by atoms with Crippen molar-refractivity contribution in [3.8, 4) is 11.5 Å². The number of aromatic nitrogens is 2. The molecule has 15 amide bonds. The summed E-state index contributed by atoms with van der Waals surface area (Å²) in [5, 5.41) is 81.7. The van der Waals surface area contributed by atoms with Crippen molar-refractivity contribution in [3.63, 3.8) is 0 Å². The number of hydrogen-bond donors (Lipinski definition) is 20. The van der Waals surface area contributed by atoms with Gasteiger partial charge in [-0.2, -0.15) is 0 Å². The van der Waals surface area contributed by atoms with E-state index in [1.54, 1.807) is 105 Å². The van der Waals surface area contributed by atoms with Crippen LogP contribution in [-0.4, -0.2) is 268 Å². The summed E-state index contributed by atoms with van der Waals surface area (Å²) >= 11 is 0. The smallest absolute Gasteiger partial charge is 0.326 e. The van der Waals surface area contributed by atoms with E-state index in [1.807, 2.05) is 13.8 Å². The van der Waals surface area contributed by atoms with Crippen molar-refractivity contribution < 1.29 is 107 Å². The fraction of sp³-hybridized carbons (Fsp3) is 0.463. The van der Waals surface area contributed by atoms with Crippen molar-refractivity contribution >= 4 is 122 Å². The number of rotatable bonds is 47. The number of aliphatic hydroxyl groups is 1. The molecule has 0 saturated carbocycles. The minimum absolute atomic E-state index is 0.00648. The molecular weight excluding hydrogens is 1750 g/mol. The first-order valence-electron chi connectivity index (χ1n) is 45.4. The van der Waals surface area contributed by atoms with Gasteiger partial charge in [-0.05, 0) is 161 Å². The van der Waals surface area contributed by atoms with Gasteiger partial charge in [-0.15, -0.1) is 0 Å². The summed E-state index contributed by atoms with van der Waals surface area (Å²) < 4.78 is 0. The first-order chi connectivity index (χ1) is 64.3. The molecular formula is C95H122N18O22. The van der Waals surface area contributed by atoms with Crippen molar-refractivity contribution in [1.82, 2.24) is 83.2 Å². The molecule has 0 radical (unpaired) electrons. The SMILES string of the molecule is CC(C)CC(NC(=O)C1CCCN1C(=O)C(CC(C)C)NC(=O)C(C)NC(=O)C(Cc1ccc(O)cc1)NC(=O)C1CCCN1C(=O)C(CCC(N)=O)NC(=O)C(Cc1c[nH]c2ccccc12)NC(=O)C(Cc1ccc(O)cc1)NC(=O)CNC(=O)C1CCCN1C(=O)C(NC(=O)C(Cc1c[nH]c2ccccc12)NC(=O)C(CCC(=O)O)NC(=O)C(N)Cc1ccccc1)C(C)O)C(=O)O. The highest BCUT2D eigenvalue weighted by Crippen LogP contribution is 2.28. The number of phenolic OH excluding ortho intramolecular Hbond substituents is 2. The number of carbonyl (C=O) groups is 17. The Morgan fingerprint density at radius 1 is 0.407 bits per heavy atom. The summed E-state index contributed by atoms with van der Waals surface area (Å²) in [6.45, 7) is 8.89. The highest BCUT2D eigenvalue weighted by Gasteiger charge is 2.45. The van der Waals surface area contributed by atoms with Gasteiger partial charge in [0.05, 0.1) is 18.7 Å². The van der Waals surface area contributed by atoms with E-state index in [0.29, 0.717) is 56.0 Å². The summed E-state index contributed by atoms with van der Waals surface area (Å²) in [6, 6.07) is 14.0. The van der Waals surface area contributed by atoms with Crippen LogP contribution in [0.25, 0.3) is 21.8 Å². The van der Waals surface area contributed by atoms with E-state index < -0.39 is 223 Å². The van der Waals surface area contributed by atoms with E-state index in [4.69, 9.17) is 11.5 Å². The predicted octanol–water partition coefficient (Wildman–Crippen LogP) is 0.546. The molecule has 3 saturated heterocycles. The summed E-state index contributed by atoms with van der Waals surface area (Å²) in [5.74, 6) is -16.3. The number of aromatic amines is 2. The number of amides is 15. The third kappa shape index (κ3) is 29.1. The number of fused-ring (bicyclic) bond motifs is 2. The molecule has 15 atom stereocenters. The fourth-order valence-corrected chi connectivity index (χ4v) is 17.0. The number of nitrogens with one attached hydrogen (secondary N) is 13. The highest BCUT2D eigenvalue weighted by molar-refractivity contribution is 6.02. The van der Waals surface area contributed by atoms with Gasteiger partial charge in [-0.25, -0.2) is 4.79 Å². The normalized spacial score (nSPS) is 17.4. The van der Waals surface area contributed by atoms with Crippen molar-refractivity contribution in [2.24, 2.45) is 23.3 Å². The second-order valence-electron chi connectivity index (χ2n) is 35.5. The molecule has 15 unspecified atom stereocenters.